The van der Waals surface area contributed by atoms with Crippen LogP contribution in [0.2, 0.25) is 0 Å². The van der Waals surface area contributed by atoms with Crippen LogP contribution in [0.5, 0.6) is 0 Å². The SMILES string of the molecule is COC1CCC(NS(=O)(=O)c2cccc(CO)c2C)C1. The van der Waals surface area contributed by atoms with E-state index in [0.29, 0.717) is 17.5 Å². The van der Waals surface area contributed by atoms with Crippen molar-refractivity contribution in [1.82, 2.24) is 4.72 Å². The number of aliphatic hydroxyl groups is 1. The molecule has 1 saturated carbocycles. The molecule has 112 valence electrons. The van der Waals surface area contributed by atoms with Crippen molar-refractivity contribution in [2.45, 2.75) is 49.8 Å². The van der Waals surface area contributed by atoms with Gasteiger partial charge in [-0.1, -0.05) is 12.1 Å². The monoisotopic (exact) mass is 299 g/mol. The van der Waals surface area contributed by atoms with E-state index in [-0.39, 0.29) is 23.6 Å². The van der Waals surface area contributed by atoms with Crippen molar-refractivity contribution < 1.29 is 18.3 Å². The fourth-order valence-electron chi connectivity index (χ4n) is 2.67. The summed E-state index contributed by atoms with van der Waals surface area (Å²) in [7, 11) is -1.91. The largest absolute Gasteiger partial charge is 0.392 e. The van der Waals surface area contributed by atoms with Gasteiger partial charge in [-0.25, -0.2) is 13.1 Å². The van der Waals surface area contributed by atoms with Gasteiger partial charge in [0.2, 0.25) is 10.0 Å². The average Bonchev–Trinajstić information content (AvgIpc) is 2.85. The summed E-state index contributed by atoms with van der Waals surface area (Å²) in [6, 6.07) is 4.87. The van der Waals surface area contributed by atoms with E-state index in [4.69, 9.17) is 4.74 Å². The average molecular weight is 299 g/mol. The van der Waals surface area contributed by atoms with Gasteiger partial charge in [-0.3, -0.25) is 0 Å². The first-order chi connectivity index (χ1) is 9.47. The molecule has 0 bridgehead atoms. The number of sulfonamides is 1. The Bertz CT molecular complexity index is 571. The highest BCUT2D eigenvalue weighted by molar-refractivity contribution is 7.89. The number of rotatable bonds is 5. The second kappa shape index (κ2) is 6.22. The van der Waals surface area contributed by atoms with E-state index in [1.807, 2.05) is 0 Å². The van der Waals surface area contributed by atoms with Crippen LogP contribution in [0.4, 0.5) is 0 Å². The Morgan fingerprint density at radius 3 is 2.75 bits per heavy atom. The van der Waals surface area contributed by atoms with Gasteiger partial charge in [-0.2, -0.15) is 0 Å². The van der Waals surface area contributed by atoms with Gasteiger partial charge in [0.15, 0.2) is 0 Å². The number of nitrogens with one attached hydrogen (secondary N) is 1. The minimum absolute atomic E-state index is 0.0814. The fourth-order valence-corrected chi connectivity index (χ4v) is 4.24. The maximum Gasteiger partial charge on any atom is 0.241 e. The van der Waals surface area contributed by atoms with Crippen LogP contribution >= 0.6 is 0 Å². The quantitative estimate of drug-likeness (QED) is 0.860. The molecule has 1 aliphatic rings. The molecule has 6 heteroatoms. The third-order valence-electron chi connectivity index (χ3n) is 3.90. The molecular weight excluding hydrogens is 278 g/mol. The van der Waals surface area contributed by atoms with Crippen LogP contribution in [0.1, 0.15) is 30.4 Å². The van der Waals surface area contributed by atoms with E-state index in [1.54, 1.807) is 32.2 Å². The van der Waals surface area contributed by atoms with Gasteiger partial charge < -0.3 is 9.84 Å². The maximum atomic E-state index is 12.4. The molecule has 1 aromatic carbocycles. The topological polar surface area (TPSA) is 75.6 Å². The first-order valence-corrected chi connectivity index (χ1v) is 8.20. The third-order valence-corrected chi connectivity index (χ3v) is 5.56. The molecule has 20 heavy (non-hydrogen) atoms. The lowest BCUT2D eigenvalue weighted by atomic mass is 10.1. The number of ether oxygens (including phenoxy) is 1. The third kappa shape index (κ3) is 3.20. The predicted octanol–water partition coefficient (Wildman–Crippen LogP) is 1.33. The molecular formula is C14H21NO4S. The van der Waals surface area contributed by atoms with E-state index in [2.05, 4.69) is 4.72 Å². The summed E-state index contributed by atoms with van der Waals surface area (Å²) in [6.45, 7) is 1.55. The van der Waals surface area contributed by atoms with E-state index in [1.165, 1.54) is 0 Å². The Morgan fingerprint density at radius 1 is 1.40 bits per heavy atom. The summed E-state index contributed by atoms with van der Waals surface area (Å²) < 4.78 is 32.9. The van der Waals surface area contributed by atoms with Crippen LogP contribution < -0.4 is 4.72 Å². The van der Waals surface area contributed by atoms with Crippen molar-refractivity contribution in [3.63, 3.8) is 0 Å². The van der Waals surface area contributed by atoms with Gasteiger partial charge in [0.1, 0.15) is 0 Å². The summed E-state index contributed by atoms with van der Waals surface area (Å²) in [5, 5.41) is 9.23. The Kier molecular flexibility index (Phi) is 4.80. The molecule has 1 aromatic rings. The lowest BCUT2D eigenvalue weighted by Crippen LogP contribution is -2.34. The van der Waals surface area contributed by atoms with Crippen LogP contribution in [0.3, 0.4) is 0 Å². The highest BCUT2D eigenvalue weighted by atomic mass is 32.2. The molecule has 1 aliphatic carbocycles. The van der Waals surface area contributed by atoms with Crippen molar-refractivity contribution in [3.8, 4) is 0 Å². The van der Waals surface area contributed by atoms with E-state index in [9.17, 15) is 13.5 Å². The second-order valence-corrected chi connectivity index (χ2v) is 6.87. The van der Waals surface area contributed by atoms with Gasteiger partial charge in [0.25, 0.3) is 0 Å². The molecule has 2 N–H and O–H groups in total. The van der Waals surface area contributed by atoms with Crippen LogP contribution in [-0.2, 0) is 21.4 Å². The van der Waals surface area contributed by atoms with Gasteiger partial charge >= 0.3 is 0 Å². The molecule has 0 radical (unpaired) electrons. The van der Waals surface area contributed by atoms with Crippen molar-refractivity contribution >= 4 is 10.0 Å². The van der Waals surface area contributed by atoms with E-state index < -0.39 is 10.0 Å². The fraction of sp³-hybridized carbons (Fsp3) is 0.571. The Balaban J connectivity index is 2.19. The maximum absolute atomic E-state index is 12.4. The minimum Gasteiger partial charge on any atom is -0.392 e. The second-order valence-electron chi connectivity index (χ2n) is 5.19. The molecule has 2 atom stereocenters. The summed E-state index contributed by atoms with van der Waals surface area (Å²) in [6.07, 6.45) is 2.50. The summed E-state index contributed by atoms with van der Waals surface area (Å²) >= 11 is 0. The molecule has 2 rings (SSSR count). The van der Waals surface area contributed by atoms with Crippen molar-refractivity contribution in [1.29, 1.82) is 0 Å². The first kappa shape index (κ1) is 15.4. The molecule has 0 amide bonds. The lowest BCUT2D eigenvalue weighted by Gasteiger charge is -2.16. The Morgan fingerprint density at radius 2 is 2.15 bits per heavy atom. The summed E-state index contributed by atoms with van der Waals surface area (Å²) in [4.78, 5) is 0.241. The van der Waals surface area contributed by atoms with Crippen molar-refractivity contribution in [3.05, 3.63) is 29.3 Å². The van der Waals surface area contributed by atoms with Crippen LogP contribution in [0.15, 0.2) is 23.1 Å². The standard InChI is InChI=1S/C14H21NO4S/c1-10-11(9-16)4-3-5-14(10)20(17,18)15-12-6-7-13(8-12)19-2/h3-5,12-13,15-16H,6-9H2,1-2H3. The normalized spacial score (nSPS) is 23.1. The van der Waals surface area contributed by atoms with Crippen LogP contribution in [0, 0.1) is 6.92 Å². The van der Waals surface area contributed by atoms with E-state index >= 15 is 0 Å². The Hall–Kier alpha value is -0.950. The highest BCUT2D eigenvalue weighted by Gasteiger charge is 2.29. The first-order valence-electron chi connectivity index (χ1n) is 6.72. The minimum atomic E-state index is -3.56. The highest BCUT2D eigenvalue weighted by Crippen LogP contribution is 2.25. The van der Waals surface area contributed by atoms with Crippen molar-refractivity contribution in [2.24, 2.45) is 0 Å². The molecule has 5 nitrogen and oxygen atoms in total. The number of methoxy groups -OCH3 is 1. The zero-order valence-corrected chi connectivity index (χ0v) is 12.6. The van der Waals surface area contributed by atoms with Gasteiger partial charge in [-0.15, -0.1) is 0 Å². The predicted molar refractivity (Wildman–Crippen MR) is 75.9 cm³/mol. The molecule has 0 heterocycles. The molecule has 1 fully saturated rings. The number of aliphatic hydroxyl groups excluding tert-OH is 1. The van der Waals surface area contributed by atoms with Crippen LogP contribution in [-0.4, -0.2) is 32.8 Å². The number of hydrogen-bond donors (Lipinski definition) is 2. The molecule has 0 aromatic heterocycles. The zero-order chi connectivity index (χ0) is 14.8. The van der Waals surface area contributed by atoms with Crippen LogP contribution in [0.25, 0.3) is 0 Å². The number of benzene rings is 1. The molecule has 0 saturated heterocycles. The molecule has 2 unspecified atom stereocenters. The summed E-state index contributed by atoms with van der Waals surface area (Å²) in [5.74, 6) is 0. The smallest absolute Gasteiger partial charge is 0.241 e. The van der Waals surface area contributed by atoms with Crippen molar-refractivity contribution in [2.75, 3.05) is 7.11 Å². The van der Waals surface area contributed by atoms with Gasteiger partial charge in [-0.05, 0) is 43.4 Å². The van der Waals surface area contributed by atoms with Gasteiger partial charge in [0, 0.05) is 13.2 Å². The molecule has 0 spiro atoms. The number of hydrogen-bond acceptors (Lipinski definition) is 4. The lowest BCUT2D eigenvalue weighted by molar-refractivity contribution is 0.107. The summed E-state index contributed by atoms with van der Waals surface area (Å²) in [5.41, 5.74) is 1.23. The molecule has 0 aliphatic heterocycles. The Labute approximate surface area is 120 Å². The zero-order valence-electron chi connectivity index (χ0n) is 11.8. The van der Waals surface area contributed by atoms with Gasteiger partial charge in [0.05, 0.1) is 17.6 Å². The van der Waals surface area contributed by atoms with E-state index in [0.717, 1.165) is 12.8 Å².